The van der Waals surface area contributed by atoms with Crippen molar-refractivity contribution in [1.29, 1.82) is 0 Å². The topological polar surface area (TPSA) is 47.3 Å². The number of anilines is 1. The van der Waals surface area contributed by atoms with E-state index in [1.54, 1.807) is 17.6 Å². The fourth-order valence-corrected chi connectivity index (χ4v) is 2.95. The van der Waals surface area contributed by atoms with Crippen molar-refractivity contribution in [2.45, 2.75) is 25.5 Å². The molecule has 2 heterocycles. The number of thiazole rings is 1. The van der Waals surface area contributed by atoms with E-state index in [4.69, 9.17) is 9.15 Å². The number of allylic oxidation sites excluding steroid dienone is 1. The Bertz CT molecular complexity index is 739. The lowest BCUT2D eigenvalue weighted by molar-refractivity contribution is 0.302. The number of hydrogen-bond acceptors (Lipinski definition) is 5. The van der Waals surface area contributed by atoms with E-state index >= 15 is 0 Å². The molecule has 1 aromatic carbocycles. The molecule has 0 saturated carbocycles. The average molecular weight is 340 g/mol. The third-order valence-electron chi connectivity index (χ3n) is 3.59. The summed E-state index contributed by atoms with van der Waals surface area (Å²) < 4.78 is 11.4. The molecule has 0 aliphatic heterocycles. The highest BCUT2D eigenvalue weighted by Gasteiger charge is 2.13. The molecule has 0 fully saturated rings. The van der Waals surface area contributed by atoms with E-state index in [9.17, 15) is 0 Å². The van der Waals surface area contributed by atoms with Gasteiger partial charge in [0, 0.05) is 17.1 Å². The molecule has 0 saturated heterocycles. The highest BCUT2D eigenvalue weighted by molar-refractivity contribution is 7.07. The predicted octanol–water partition coefficient (Wildman–Crippen LogP) is 5.43. The molecule has 3 aromatic rings. The van der Waals surface area contributed by atoms with Gasteiger partial charge in [-0.1, -0.05) is 12.1 Å². The van der Waals surface area contributed by atoms with Gasteiger partial charge in [0.05, 0.1) is 23.5 Å². The fourth-order valence-electron chi connectivity index (χ4n) is 2.40. The summed E-state index contributed by atoms with van der Waals surface area (Å²) in [6, 6.07) is 11.9. The number of ether oxygens (including phenoxy) is 1. The van der Waals surface area contributed by atoms with Gasteiger partial charge in [0.25, 0.3) is 0 Å². The van der Waals surface area contributed by atoms with Crippen molar-refractivity contribution in [2.75, 3.05) is 5.32 Å². The first-order valence-electron chi connectivity index (χ1n) is 7.86. The second kappa shape index (κ2) is 8.36. The molecule has 0 bridgehead atoms. The van der Waals surface area contributed by atoms with Gasteiger partial charge in [-0.05, 0) is 37.1 Å². The Balaban J connectivity index is 1.66. The van der Waals surface area contributed by atoms with Crippen LogP contribution >= 0.6 is 11.3 Å². The van der Waals surface area contributed by atoms with E-state index in [1.807, 2.05) is 53.4 Å². The van der Waals surface area contributed by atoms with Gasteiger partial charge in [-0.2, -0.15) is 0 Å². The molecule has 2 aromatic heterocycles. The van der Waals surface area contributed by atoms with Crippen molar-refractivity contribution in [3.8, 4) is 5.75 Å². The number of rotatable bonds is 9. The van der Waals surface area contributed by atoms with E-state index < -0.39 is 0 Å². The molecule has 3 rings (SSSR count). The third kappa shape index (κ3) is 4.49. The van der Waals surface area contributed by atoms with Crippen molar-refractivity contribution >= 4 is 17.0 Å². The Hall–Kier alpha value is -2.53. The summed E-state index contributed by atoms with van der Waals surface area (Å²) in [6.45, 7) is 4.28. The minimum atomic E-state index is 0.104. The zero-order valence-electron chi connectivity index (χ0n) is 13.4. The molecule has 4 nitrogen and oxygen atoms in total. The van der Waals surface area contributed by atoms with Gasteiger partial charge >= 0.3 is 0 Å². The van der Waals surface area contributed by atoms with Gasteiger partial charge in [0.1, 0.15) is 18.1 Å². The summed E-state index contributed by atoms with van der Waals surface area (Å²) in [4.78, 5) is 4.23. The van der Waals surface area contributed by atoms with E-state index in [1.165, 1.54) is 0 Å². The Labute approximate surface area is 145 Å². The smallest absolute Gasteiger partial charge is 0.131 e. The molecular formula is C19H20N2O2S. The molecule has 124 valence electrons. The van der Waals surface area contributed by atoms with Crippen molar-refractivity contribution < 1.29 is 9.15 Å². The highest BCUT2D eigenvalue weighted by atomic mass is 32.1. The molecule has 0 amide bonds. The molecule has 0 spiro atoms. The molecule has 1 N–H and O–H groups in total. The van der Waals surface area contributed by atoms with Crippen LogP contribution in [-0.4, -0.2) is 4.98 Å². The Morgan fingerprint density at radius 2 is 2.29 bits per heavy atom. The number of benzene rings is 1. The van der Waals surface area contributed by atoms with E-state index in [0.29, 0.717) is 6.61 Å². The van der Waals surface area contributed by atoms with Gasteiger partial charge in [-0.15, -0.1) is 17.9 Å². The van der Waals surface area contributed by atoms with Crippen LogP contribution in [0.2, 0.25) is 0 Å². The lowest BCUT2D eigenvalue weighted by atomic mass is 10.1. The highest BCUT2D eigenvalue weighted by Crippen LogP contribution is 2.27. The largest absolute Gasteiger partial charge is 0.487 e. The maximum Gasteiger partial charge on any atom is 0.131 e. The molecule has 1 unspecified atom stereocenters. The average Bonchev–Trinajstić information content (AvgIpc) is 3.30. The predicted molar refractivity (Wildman–Crippen MR) is 97.4 cm³/mol. The summed E-state index contributed by atoms with van der Waals surface area (Å²) in [5, 5.41) is 5.51. The molecule has 0 radical (unpaired) electrons. The second-order valence-electron chi connectivity index (χ2n) is 5.37. The number of furan rings is 1. The lowest BCUT2D eigenvalue weighted by Crippen LogP contribution is -2.10. The summed E-state index contributed by atoms with van der Waals surface area (Å²) in [6.07, 6.45) is 5.45. The van der Waals surface area contributed by atoms with E-state index in [2.05, 4.69) is 16.9 Å². The van der Waals surface area contributed by atoms with Crippen LogP contribution in [0.3, 0.4) is 0 Å². The molecule has 0 aliphatic rings. The summed E-state index contributed by atoms with van der Waals surface area (Å²) in [7, 11) is 0. The monoisotopic (exact) mass is 340 g/mol. The van der Waals surface area contributed by atoms with E-state index in [0.717, 1.165) is 35.7 Å². The quantitative estimate of drug-likeness (QED) is 0.527. The normalized spacial score (nSPS) is 11.8. The van der Waals surface area contributed by atoms with Crippen LogP contribution in [0.4, 0.5) is 5.69 Å². The summed E-state index contributed by atoms with van der Waals surface area (Å²) in [5.74, 6) is 1.74. The Morgan fingerprint density at radius 3 is 3.04 bits per heavy atom. The lowest BCUT2D eigenvalue weighted by Gasteiger charge is -2.18. The Kier molecular flexibility index (Phi) is 5.69. The first-order valence-corrected chi connectivity index (χ1v) is 8.80. The van der Waals surface area contributed by atoms with Gasteiger partial charge < -0.3 is 14.5 Å². The van der Waals surface area contributed by atoms with Crippen LogP contribution < -0.4 is 10.1 Å². The maximum atomic E-state index is 5.81. The Morgan fingerprint density at radius 1 is 1.33 bits per heavy atom. The second-order valence-corrected chi connectivity index (χ2v) is 6.09. The van der Waals surface area contributed by atoms with Gasteiger partial charge in [-0.3, -0.25) is 0 Å². The van der Waals surface area contributed by atoms with Gasteiger partial charge in [-0.25, -0.2) is 4.98 Å². The van der Waals surface area contributed by atoms with Crippen molar-refractivity contribution in [1.82, 2.24) is 4.98 Å². The first kappa shape index (κ1) is 16.3. The number of hydrogen-bond donors (Lipinski definition) is 1. The third-order valence-corrected chi connectivity index (χ3v) is 4.23. The van der Waals surface area contributed by atoms with Crippen LogP contribution in [-0.2, 0) is 6.61 Å². The van der Waals surface area contributed by atoms with Crippen LogP contribution in [0.1, 0.15) is 30.3 Å². The zero-order valence-corrected chi connectivity index (χ0v) is 14.2. The van der Waals surface area contributed by atoms with E-state index in [-0.39, 0.29) is 6.04 Å². The van der Waals surface area contributed by atoms with Gasteiger partial charge in [0.15, 0.2) is 0 Å². The fraction of sp³-hybridized carbons (Fsp3) is 0.211. The minimum absolute atomic E-state index is 0.104. The molecule has 5 heteroatoms. The minimum Gasteiger partial charge on any atom is -0.487 e. The molecule has 1 atom stereocenters. The van der Waals surface area contributed by atoms with Crippen LogP contribution in [0, 0.1) is 0 Å². The van der Waals surface area contributed by atoms with Crippen LogP contribution in [0.15, 0.2) is 70.6 Å². The molecular weight excluding hydrogens is 320 g/mol. The van der Waals surface area contributed by atoms with Crippen molar-refractivity contribution in [2.24, 2.45) is 0 Å². The van der Waals surface area contributed by atoms with Gasteiger partial charge in [0.2, 0.25) is 0 Å². The standard InChI is InChI=1S/C19H20N2O2S/c1-2-3-8-18(19-9-5-10-22-19)21-15-6-4-7-17(11-15)23-12-16-13-24-14-20-16/h2,4-7,9-11,13-14,18,21H,1,3,8,12H2. The maximum absolute atomic E-state index is 5.81. The number of nitrogens with zero attached hydrogens (tertiary/aromatic N) is 1. The van der Waals surface area contributed by atoms with Crippen molar-refractivity contribution in [3.63, 3.8) is 0 Å². The van der Waals surface area contributed by atoms with Crippen LogP contribution in [0.5, 0.6) is 5.75 Å². The van der Waals surface area contributed by atoms with Crippen molar-refractivity contribution in [3.05, 3.63) is 77.7 Å². The van der Waals surface area contributed by atoms with Crippen LogP contribution in [0.25, 0.3) is 0 Å². The molecule has 0 aliphatic carbocycles. The number of aromatic nitrogens is 1. The molecule has 24 heavy (non-hydrogen) atoms. The zero-order chi connectivity index (χ0) is 16.6. The summed E-state index contributed by atoms with van der Waals surface area (Å²) in [5.41, 5.74) is 3.75. The summed E-state index contributed by atoms with van der Waals surface area (Å²) >= 11 is 1.57. The number of nitrogens with one attached hydrogen (secondary N) is 1. The SMILES string of the molecule is C=CCCC(Nc1cccc(OCc2cscn2)c1)c1ccco1. The first-order chi connectivity index (χ1) is 11.8.